The molecule has 0 fully saturated rings. The van der Waals surface area contributed by atoms with Gasteiger partial charge in [-0.05, 0) is 30.7 Å². The van der Waals surface area contributed by atoms with Gasteiger partial charge in [0, 0.05) is 21.7 Å². The van der Waals surface area contributed by atoms with E-state index in [0.717, 1.165) is 11.1 Å². The van der Waals surface area contributed by atoms with Crippen LogP contribution in [0.3, 0.4) is 0 Å². The molecule has 1 nitrogen and oxygen atoms in total. The van der Waals surface area contributed by atoms with E-state index < -0.39 is 0 Å². The molecule has 0 bridgehead atoms. The molecule has 94 valence electrons. The highest BCUT2D eigenvalue weighted by molar-refractivity contribution is 6.34. The van der Waals surface area contributed by atoms with Gasteiger partial charge in [0.1, 0.15) is 12.4 Å². The van der Waals surface area contributed by atoms with Crippen molar-refractivity contribution in [3.05, 3.63) is 62.6 Å². The molecule has 0 unspecified atom stereocenters. The molecule has 0 aliphatic heterocycles. The summed E-state index contributed by atoms with van der Waals surface area (Å²) < 4.78 is 5.62. The molecule has 0 aliphatic carbocycles. The number of halogens is 3. The molecule has 0 atom stereocenters. The number of rotatable bonds is 3. The molecule has 0 N–H and O–H groups in total. The van der Waals surface area contributed by atoms with Crippen LogP contribution in [0.4, 0.5) is 0 Å². The Hall–Kier alpha value is -0.890. The summed E-state index contributed by atoms with van der Waals surface area (Å²) in [7, 11) is 0. The second-order valence-corrected chi connectivity index (χ2v) is 5.21. The Labute approximate surface area is 121 Å². The molecular weight excluding hydrogens is 291 g/mol. The van der Waals surface area contributed by atoms with Gasteiger partial charge in [0.05, 0.1) is 5.02 Å². The predicted molar refractivity (Wildman–Crippen MR) is 77.0 cm³/mol. The van der Waals surface area contributed by atoms with Gasteiger partial charge in [-0.1, -0.05) is 46.9 Å². The monoisotopic (exact) mass is 300 g/mol. The van der Waals surface area contributed by atoms with E-state index in [1.807, 2.05) is 25.1 Å². The maximum atomic E-state index is 6.13. The molecule has 0 saturated carbocycles. The van der Waals surface area contributed by atoms with E-state index in [1.165, 1.54) is 0 Å². The molecule has 0 aliphatic rings. The first-order chi connectivity index (χ1) is 8.56. The largest absolute Gasteiger partial charge is 0.487 e. The van der Waals surface area contributed by atoms with E-state index >= 15 is 0 Å². The smallest absolute Gasteiger partial charge is 0.139 e. The Morgan fingerprint density at radius 3 is 2.44 bits per heavy atom. The number of benzene rings is 2. The van der Waals surface area contributed by atoms with Crippen molar-refractivity contribution in [2.24, 2.45) is 0 Å². The molecule has 4 heteroatoms. The molecule has 2 aromatic carbocycles. The first kappa shape index (κ1) is 13.5. The number of hydrogen-bond acceptors (Lipinski definition) is 1. The quantitative estimate of drug-likeness (QED) is 0.724. The maximum absolute atomic E-state index is 6.13. The van der Waals surface area contributed by atoms with Gasteiger partial charge in [0.2, 0.25) is 0 Å². The van der Waals surface area contributed by atoms with Gasteiger partial charge in [0.15, 0.2) is 0 Å². The van der Waals surface area contributed by atoms with E-state index in [9.17, 15) is 0 Å². The Kier molecular flexibility index (Phi) is 4.39. The van der Waals surface area contributed by atoms with Crippen molar-refractivity contribution in [1.82, 2.24) is 0 Å². The molecular formula is C14H11Cl3O. The van der Waals surface area contributed by atoms with E-state index in [0.29, 0.717) is 27.4 Å². The average Bonchev–Trinajstić information content (AvgIpc) is 2.32. The Bertz CT molecular complexity index is 567. The molecule has 2 rings (SSSR count). The minimum Gasteiger partial charge on any atom is -0.487 e. The van der Waals surface area contributed by atoms with Crippen molar-refractivity contribution in [3.63, 3.8) is 0 Å². The Balaban J connectivity index is 2.13. The lowest BCUT2D eigenvalue weighted by atomic mass is 10.2. The van der Waals surface area contributed by atoms with Gasteiger partial charge < -0.3 is 4.74 Å². The third-order valence-corrected chi connectivity index (χ3v) is 3.38. The molecule has 0 aromatic heterocycles. The summed E-state index contributed by atoms with van der Waals surface area (Å²) >= 11 is 18.0. The Morgan fingerprint density at radius 1 is 0.944 bits per heavy atom. The summed E-state index contributed by atoms with van der Waals surface area (Å²) in [6.07, 6.45) is 0. The molecule has 0 heterocycles. The van der Waals surface area contributed by atoms with E-state index in [1.54, 1.807) is 18.2 Å². The summed E-state index contributed by atoms with van der Waals surface area (Å²) in [4.78, 5) is 0. The van der Waals surface area contributed by atoms with Crippen LogP contribution in [0.25, 0.3) is 0 Å². The zero-order valence-electron chi connectivity index (χ0n) is 9.71. The van der Waals surface area contributed by atoms with E-state index in [4.69, 9.17) is 39.5 Å². The molecule has 2 aromatic rings. The molecule has 0 saturated heterocycles. The molecule has 0 spiro atoms. The maximum Gasteiger partial charge on any atom is 0.139 e. The summed E-state index contributed by atoms with van der Waals surface area (Å²) in [5.74, 6) is 0.556. The summed E-state index contributed by atoms with van der Waals surface area (Å²) in [5.41, 5.74) is 2.03. The SMILES string of the molecule is Cc1ccc(COc2cc(Cl)ccc2Cl)c(Cl)c1. The van der Waals surface area contributed by atoms with Crippen LogP contribution in [0.5, 0.6) is 5.75 Å². The van der Waals surface area contributed by atoms with Crippen LogP contribution in [0, 0.1) is 6.92 Å². The minimum absolute atomic E-state index is 0.360. The normalized spacial score (nSPS) is 10.4. The third-order valence-electron chi connectivity index (χ3n) is 2.48. The zero-order chi connectivity index (χ0) is 13.1. The van der Waals surface area contributed by atoms with Gasteiger partial charge in [-0.25, -0.2) is 0 Å². The van der Waals surface area contributed by atoms with Gasteiger partial charge in [-0.3, -0.25) is 0 Å². The highest BCUT2D eigenvalue weighted by Gasteiger charge is 2.05. The zero-order valence-corrected chi connectivity index (χ0v) is 12.0. The highest BCUT2D eigenvalue weighted by atomic mass is 35.5. The van der Waals surface area contributed by atoms with Crippen LogP contribution in [-0.4, -0.2) is 0 Å². The fourth-order valence-electron chi connectivity index (χ4n) is 1.51. The van der Waals surface area contributed by atoms with Crippen molar-refractivity contribution in [2.75, 3.05) is 0 Å². The first-order valence-corrected chi connectivity index (χ1v) is 6.52. The van der Waals surface area contributed by atoms with Crippen molar-refractivity contribution in [3.8, 4) is 5.75 Å². The van der Waals surface area contributed by atoms with Crippen LogP contribution in [-0.2, 0) is 6.61 Å². The van der Waals surface area contributed by atoms with Crippen molar-refractivity contribution < 1.29 is 4.74 Å². The lowest BCUT2D eigenvalue weighted by molar-refractivity contribution is 0.306. The second kappa shape index (κ2) is 5.83. The van der Waals surface area contributed by atoms with E-state index in [-0.39, 0.29) is 0 Å². The fraction of sp³-hybridized carbons (Fsp3) is 0.143. The summed E-state index contributed by atoms with van der Waals surface area (Å²) in [5, 5.41) is 1.81. The average molecular weight is 302 g/mol. The van der Waals surface area contributed by atoms with Gasteiger partial charge in [-0.2, -0.15) is 0 Å². The van der Waals surface area contributed by atoms with Gasteiger partial charge >= 0.3 is 0 Å². The molecule has 0 radical (unpaired) electrons. The second-order valence-electron chi connectivity index (χ2n) is 3.96. The third kappa shape index (κ3) is 3.32. The number of aryl methyl sites for hydroxylation is 1. The molecule has 0 amide bonds. The molecule has 18 heavy (non-hydrogen) atoms. The van der Waals surface area contributed by atoms with Gasteiger partial charge in [-0.15, -0.1) is 0 Å². The summed E-state index contributed by atoms with van der Waals surface area (Å²) in [6, 6.07) is 10.9. The lowest BCUT2D eigenvalue weighted by Crippen LogP contribution is -1.97. The standard InChI is InChI=1S/C14H11Cl3O/c1-9-2-3-10(13(17)6-9)8-18-14-7-11(15)4-5-12(14)16/h2-7H,8H2,1H3. The van der Waals surface area contributed by atoms with Crippen LogP contribution in [0.1, 0.15) is 11.1 Å². The lowest BCUT2D eigenvalue weighted by Gasteiger charge is -2.10. The predicted octanol–water partition coefficient (Wildman–Crippen LogP) is 5.53. The van der Waals surface area contributed by atoms with Crippen LogP contribution in [0.2, 0.25) is 15.1 Å². The topological polar surface area (TPSA) is 9.23 Å². The highest BCUT2D eigenvalue weighted by Crippen LogP contribution is 2.29. The number of ether oxygens (including phenoxy) is 1. The van der Waals surface area contributed by atoms with Crippen molar-refractivity contribution in [1.29, 1.82) is 0 Å². The van der Waals surface area contributed by atoms with Gasteiger partial charge in [0.25, 0.3) is 0 Å². The van der Waals surface area contributed by atoms with Crippen LogP contribution >= 0.6 is 34.8 Å². The van der Waals surface area contributed by atoms with Crippen molar-refractivity contribution in [2.45, 2.75) is 13.5 Å². The number of hydrogen-bond donors (Lipinski definition) is 0. The fourth-order valence-corrected chi connectivity index (χ4v) is 2.14. The summed E-state index contributed by atoms with van der Waals surface area (Å²) in [6.45, 7) is 2.35. The van der Waals surface area contributed by atoms with Crippen molar-refractivity contribution >= 4 is 34.8 Å². The van der Waals surface area contributed by atoms with E-state index in [2.05, 4.69) is 0 Å². The first-order valence-electron chi connectivity index (χ1n) is 5.39. The Morgan fingerprint density at radius 2 is 1.72 bits per heavy atom. The van der Waals surface area contributed by atoms with Crippen LogP contribution < -0.4 is 4.74 Å². The van der Waals surface area contributed by atoms with Crippen LogP contribution in [0.15, 0.2) is 36.4 Å². The minimum atomic E-state index is 0.360.